The molecule has 0 saturated heterocycles. The van der Waals surface area contributed by atoms with E-state index in [4.69, 9.17) is 0 Å². The molecule has 2 nitrogen and oxygen atoms in total. The van der Waals surface area contributed by atoms with Crippen molar-refractivity contribution in [1.29, 1.82) is 0 Å². The van der Waals surface area contributed by atoms with Crippen LogP contribution in [0.3, 0.4) is 0 Å². The summed E-state index contributed by atoms with van der Waals surface area (Å²) in [4.78, 5) is 15.6. The van der Waals surface area contributed by atoms with Gasteiger partial charge in [0.2, 0.25) is 0 Å². The molecule has 87 valence electrons. The number of ketones is 1. The van der Waals surface area contributed by atoms with Crippen molar-refractivity contribution in [2.75, 3.05) is 0 Å². The first kappa shape index (κ1) is 12.9. The van der Waals surface area contributed by atoms with Gasteiger partial charge in [0.1, 0.15) is 0 Å². The molecule has 1 aromatic heterocycles. The Morgan fingerprint density at radius 1 is 1.38 bits per heavy atom. The first-order valence-electron chi connectivity index (χ1n) is 6.09. The molecule has 0 bridgehead atoms. The fourth-order valence-corrected chi connectivity index (χ4v) is 1.59. The highest BCUT2D eigenvalue weighted by Gasteiger charge is 2.04. The van der Waals surface area contributed by atoms with E-state index in [2.05, 4.69) is 18.3 Å². The van der Waals surface area contributed by atoms with E-state index in [9.17, 15) is 4.79 Å². The Labute approximate surface area is 98.1 Å². The van der Waals surface area contributed by atoms with Crippen LogP contribution in [-0.4, -0.2) is 10.8 Å². The van der Waals surface area contributed by atoms with Gasteiger partial charge >= 0.3 is 0 Å². The fourth-order valence-electron chi connectivity index (χ4n) is 1.59. The fraction of sp³-hybridized carbons (Fsp3) is 0.500. The highest BCUT2D eigenvalue weighted by atomic mass is 16.1. The summed E-state index contributed by atoms with van der Waals surface area (Å²) in [6.45, 7) is 2.20. The predicted octanol–water partition coefficient (Wildman–Crippen LogP) is 3.83. The number of carbonyl (C=O) groups excluding carboxylic acids is 1. The van der Waals surface area contributed by atoms with Crippen LogP contribution in [0.15, 0.2) is 24.5 Å². The van der Waals surface area contributed by atoms with Crippen LogP contribution in [0.2, 0.25) is 0 Å². The monoisotopic (exact) mass is 218 g/mol. The van der Waals surface area contributed by atoms with Gasteiger partial charge in [0.15, 0.2) is 5.78 Å². The summed E-state index contributed by atoms with van der Waals surface area (Å²) in [5.74, 6) is 0.194. The molecule has 0 aromatic carbocycles. The van der Waals surface area contributed by atoms with Gasteiger partial charge in [0, 0.05) is 24.4 Å². The Morgan fingerprint density at radius 2 is 2.25 bits per heavy atom. The van der Waals surface area contributed by atoms with Crippen molar-refractivity contribution < 1.29 is 4.79 Å². The minimum absolute atomic E-state index is 0.194. The zero-order chi connectivity index (χ0) is 11.6. The molecule has 0 aliphatic rings. The van der Waals surface area contributed by atoms with E-state index in [1.54, 1.807) is 18.5 Å². The molecule has 1 radical (unpaired) electrons. The molecular weight excluding hydrogens is 198 g/mol. The third-order valence-corrected chi connectivity index (χ3v) is 2.57. The van der Waals surface area contributed by atoms with Crippen molar-refractivity contribution in [3.63, 3.8) is 0 Å². The molecule has 1 aromatic rings. The summed E-state index contributed by atoms with van der Waals surface area (Å²) in [5.41, 5.74) is 0.726. The van der Waals surface area contributed by atoms with Crippen molar-refractivity contribution in [3.05, 3.63) is 36.5 Å². The highest BCUT2D eigenvalue weighted by Crippen LogP contribution is 2.09. The van der Waals surface area contributed by atoms with Gasteiger partial charge in [-0.2, -0.15) is 0 Å². The summed E-state index contributed by atoms with van der Waals surface area (Å²) < 4.78 is 0. The number of pyridine rings is 1. The SMILES string of the molecule is CCCCC[CH]CCC(=O)c1cccnc1. The molecule has 0 atom stereocenters. The Balaban J connectivity index is 2.12. The third-order valence-electron chi connectivity index (χ3n) is 2.57. The van der Waals surface area contributed by atoms with E-state index in [0.717, 1.165) is 18.4 Å². The summed E-state index contributed by atoms with van der Waals surface area (Å²) in [5, 5.41) is 0. The molecule has 1 rings (SSSR count). The van der Waals surface area contributed by atoms with Crippen LogP contribution in [0.4, 0.5) is 0 Å². The van der Waals surface area contributed by atoms with E-state index in [-0.39, 0.29) is 5.78 Å². The number of hydrogen-bond donors (Lipinski definition) is 0. The van der Waals surface area contributed by atoms with Gasteiger partial charge in [-0.05, 0) is 25.0 Å². The second-order valence-corrected chi connectivity index (χ2v) is 3.99. The standard InChI is InChI=1S/C14H20NO/c1-2-3-4-5-6-7-10-14(16)13-9-8-11-15-12-13/h6,8-9,11-12H,2-5,7,10H2,1H3. The number of rotatable bonds is 8. The lowest BCUT2D eigenvalue weighted by Gasteiger charge is -2.00. The second kappa shape index (κ2) is 8.03. The zero-order valence-electron chi connectivity index (χ0n) is 9.98. The van der Waals surface area contributed by atoms with Crippen LogP contribution in [0.1, 0.15) is 55.8 Å². The molecule has 0 amide bonds. The van der Waals surface area contributed by atoms with Crippen LogP contribution in [0.5, 0.6) is 0 Å². The maximum absolute atomic E-state index is 11.7. The van der Waals surface area contributed by atoms with E-state index in [1.807, 2.05) is 6.07 Å². The number of nitrogens with zero attached hydrogens (tertiary/aromatic N) is 1. The summed E-state index contributed by atoms with van der Waals surface area (Å²) in [7, 11) is 0. The quantitative estimate of drug-likeness (QED) is 0.490. The molecule has 0 aliphatic carbocycles. The van der Waals surface area contributed by atoms with Crippen LogP contribution in [0, 0.1) is 6.42 Å². The van der Waals surface area contributed by atoms with Crippen LogP contribution in [-0.2, 0) is 0 Å². The molecule has 0 aliphatic heterocycles. The van der Waals surface area contributed by atoms with Gasteiger partial charge < -0.3 is 0 Å². The first-order chi connectivity index (χ1) is 7.84. The number of carbonyl (C=O) groups is 1. The number of hydrogen-bond acceptors (Lipinski definition) is 2. The second-order valence-electron chi connectivity index (χ2n) is 3.99. The molecule has 16 heavy (non-hydrogen) atoms. The van der Waals surface area contributed by atoms with Gasteiger partial charge in [-0.1, -0.05) is 32.6 Å². The maximum Gasteiger partial charge on any atom is 0.164 e. The van der Waals surface area contributed by atoms with E-state index in [1.165, 1.54) is 19.3 Å². The number of unbranched alkanes of at least 4 members (excludes halogenated alkanes) is 5. The van der Waals surface area contributed by atoms with Crippen LogP contribution >= 0.6 is 0 Å². The summed E-state index contributed by atoms with van der Waals surface area (Å²) in [6, 6.07) is 3.63. The molecule has 0 N–H and O–H groups in total. The third kappa shape index (κ3) is 5.06. The minimum atomic E-state index is 0.194. The summed E-state index contributed by atoms with van der Waals surface area (Å²) in [6.07, 6.45) is 12.0. The number of Topliss-reactive ketones (excluding diaryl/α,β-unsaturated/α-hetero) is 1. The van der Waals surface area contributed by atoms with Crippen molar-refractivity contribution >= 4 is 5.78 Å². The lowest BCUT2D eigenvalue weighted by molar-refractivity contribution is 0.0982. The normalized spacial score (nSPS) is 10.3. The van der Waals surface area contributed by atoms with Gasteiger partial charge in [0.05, 0.1) is 0 Å². The largest absolute Gasteiger partial charge is 0.294 e. The van der Waals surface area contributed by atoms with Gasteiger partial charge in [-0.25, -0.2) is 0 Å². The average Bonchev–Trinajstić information content (AvgIpc) is 2.34. The Kier molecular flexibility index (Phi) is 6.47. The van der Waals surface area contributed by atoms with Crippen molar-refractivity contribution in [2.24, 2.45) is 0 Å². The molecule has 0 spiro atoms. The first-order valence-corrected chi connectivity index (χ1v) is 6.09. The Morgan fingerprint density at radius 3 is 2.94 bits per heavy atom. The number of aromatic nitrogens is 1. The van der Waals surface area contributed by atoms with Gasteiger partial charge in [0.25, 0.3) is 0 Å². The highest BCUT2D eigenvalue weighted by molar-refractivity contribution is 5.95. The maximum atomic E-state index is 11.7. The predicted molar refractivity (Wildman–Crippen MR) is 66.2 cm³/mol. The van der Waals surface area contributed by atoms with E-state index in [0.29, 0.717) is 6.42 Å². The molecule has 0 fully saturated rings. The summed E-state index contributed by atoms with van der Waals surface area (Å²) >= 11 is 0. The van der Waals surface area contributed by atoms with Crippen LogP contribution < -0.4 is 0 Å². The average molecular weight is 218 g/mol. The molecule has 1 heterocycles. The Hall–Kier alpha value is -1.18. The molecule has 0 unspecified atom stereocenters. The van der Waals surface area contributed by atoms with E-state index < -0.39 is 0 Å². The zero-order valence-corrected chi connectivity index (χ0v) is 9.98. The van der Waals surface area contributed by atoms with E-state index >= 15 is 0 Å². The molecule has 2 heteroatoms. The van der Waals surface area contributed by atoms with Gasteiger partial charge in [-0.15, -0.1) is 0 Å². The lowest BCUT2D eigenvalue weighted by Crippen LogP contribution is -1.99. The van der Waals surface area contributed by atoms with Crippen LogP contribution in [0.25, 0.3) is 0 Å². The topological polar surface area (TPSA) is 30.0 Å². The lowest BCUT2D eigenvalue weighted by atomic mass is 10.0. The van der Waals surface area contributed by atoms with Crippen molar-refractivity contribution in [3.8, 4) is 0 Å². The molecular formula is C14H20NO. The molecule has 0 saturated carbocycles. The Bertz CT molecular complexity index is 295. The van der Waals surface area contributed by atoms with Crippen molar-refractivity contribution in [1.82, 2.24) is 4.98 Å². The smallest absolute Gasteiger partial charge is 0.164 e. The van der Waals surface area contributed by atoms with Crippen molar-refractivity contribution in [2.45, 2.75) is 45.4 Å². The minimum Gasteiger partial charge on any atom is -0.294 e. The van der Waals surface area contributed by atoms with Gasteiger partial charge in [-0.3, -0.25) is 9.78 Å².